The van der Waals surface area contributed by atoms with Crippen molar-refractivity contribution in [2.24, 2.45) is 5.73 Å². The second-order valence-corrected chi connectivity index (χ2v) is 7.97. The third-order valence-electron chi connectivity index (χ3n) is 5.03. The quantitative estimate of drug-likeness (QED) is 0.636. The second-order valence-electron chi connectivity index (χ2n) is 6.89. The summed E-state index contributed by atoms with van der Waals surface area (Å²) in [6.45, 7) is 0.817. The van der Waals surface area contributed by atoms with E-state index in [4.69, 9.17) is 15.5 Å². The van der Waals surface area contributed by atoms with E-state index >= 15 is 0 Å². The van der Waals surface area contributed by atoms with Crippen LogP contribution in [0.25, 0.3) is 10.2 Å². The predicted molar refractivity (Wildman–Crippen MR) is 110 cm³/mol. The number of methoxy groups -OCH3 is 1. The van der Waals surface area contributed by atoms with Crippen molar-refractivity contribution >= 4 is 33.1 Å². The van der Waals surface area contributed by atoms with E-state index in [1.165, 1.54) is 10.4 Å². The molecule has 146 valence electrons. The van der Waals surface area contributed by atoms with E-state index in [9.17, 15) is 9.59 Å². The third kappa shape index (κ3) is 3.60. The number of hydrogen-bond acceptors (Lipinski definition) is 6. The molecule has 0 aliphatic heterocycles. The molecule has 0 spiro atoms. The summed E-state index contributed by atoms with van der Waals surface area (Å²) in [5.41, 5.74) is 7.33. The summed E-state index contributed by atoms with van der Waals surface area (Å²) in [6, 6.07) is 7.54. The highest BCUT2D eigenvalue weighted by Gasteiger charge is 2.21. The van der Waals surface area contributed by atoms with Crippen LogP contribution in [0.1, 0.15) is 29.1 Å². The van der Waals surface area contributed by atoms with E-state index in [0.717, 1.165) is 40.9 Å². The maximum atomic E-state index is 12.7. The first-order valence-corrected chi connectivity index (χ1v) is 10.1. The molecule has 4 rings (SSSR count). The first-order chi connectivity index (χ1) is 13.5. The lowest BCUT2D eigenvalue weighted by Crippen LogP contribution is -2.29. The maximum absolute atomic E-state index is 12.7. The Morgan fingerprint density at radius 2 is 2.11 bits per heavy atom. The molecule has 0 unspecified atom stereocenters. The van der Waals surface area contributed by atoms with Gasteiger partial charge in [0.1, 0.15) is 16.4 Å². The van der Waals surface area contributed by atoms with Crippen LogP contribution in [0.5, 0.6) is 5.75 Å². The molecule has 7 nitrogen and oxygen atoms in total. The molecule has 1 aliphatic carbocycles. The van der Waals surface area contributed by atoms with E-state index in [2.05, 4.69) is 4.98 Å². The molecule has 0 saturated heterocycles. The summed E-state index contributed by atoms with van der Waals surface area (Å²) < 4.78 is 5.21. The lowest BCUT2D eigenvalue weighted by atomic mass is 10.2. The smallest absolute Gasteiger partial charge is 0.259 e. The van der Waals surface area contributed by atoms with Gasteiger partial charge < -0.3 is 20.4 Å². The highest BCUT2D eigenvalue weighted by Crippen LogP contribution is 2.34. The number of anilines is 1. The lowest BCUT2D eigenvalue weighted by molar-refractivity contribution is -0.117. The molecular weight excluding hydrogens is 376 g/mol. The predicted octanol–water partition coefficient (Wildman–Crippen LogP) is 2.36. The zero-order chi connectivity index (χ0) is 19.7. The van der Waals surface area contributed by atoms with Gasteiger partial charge in [-0.1, -0.05) is 0 Å². The third-order valence-corrected chi connectivity index (χ3v) is 6.22. The number of aryl methyl sites for hydroxylation is 2. The van der Waals surface area contributed by atoms with Crippen LogP contribution in [0.3, 0.4) is 0 Å². The Hall–Kier alpha value is -2.87. The van der Waals surface area contributed by atoms with Gasteiger partial charge in [-0.15, -0.1) is 11.3 Å². The fourth-order valence-electron chi connectivity index (χ4n) is 3.64. The molecule has 2 heterocycles. The molecule has 2 aromatic heterocycles. The van der Waals surface area contributed by atoms with Crippen LogP contribution in [0.4, 0.5) is 5.69 Å². The Kier molecular flexibility index (Phi) is 5.04. The summed E-state index contributed by atoms with van der Waals surface area (Å²) in [6.07, 6.45) is 3.31. The number of fused-ring (bicyclic) bond motifs is 3. The van der Waals surface area contributed by atoms with E-state index in [-0.39, 0.29) is 17.9 Å². The molecule has 3 aromatic rings. The first-order valence-electron chi connectivity index (χ1n) is 9.26. The Morgan fingerprint density at radius 1 is 1.32 bits per heavy atom. The molecular formula is C20H22N4O3S. The van der Waals surface area contributed by atoms with Gasteiger partial charge in [-0.05, 0) is 49.1 Å². The van der Waals surface area contributed by atoms with Gasteiger partial charge in [0.25, 0.3) is 5.56 Å². The van der Waals surface area contributed by atoms with Gasteiger partial charge >= 0.3 is 0 Å². The number of aromatic amines is 1. The topological polar surface area (TPSA) is 101 Å². The van der Waals surface area contributed by atoms with E-state index < -0.39 is 0 Å². The van der Waals surface area contributed by atoms with Gasteiger partial charge in [0.05, 0.1) is 19.0 Å². The molecule has 0 radical (unpaired) electrons. The van der Waals surface area contributed by atoms with Crippen molar-refractivity contribution in [3.63, 3.8) is 0 Å². The van der Waals surface area contributed by atoms with Gasteiger partial charge in [-0.25, -0.2) is 4.98 Å². The average Bonchev–Trinajstić information content (AvgIpc) is 3.25. The minimum absolute atomic E-state index is 0.0796. The number of carbonyl (C=O) groups is 1. The number of nitrogens with two attached hydrogens (primary N) is 1. The highest BCUT2D eigenvalue weighted by atomic mass is 32.1. The second kappa shape index (κ2) is 7.63. The van der Waals surface area contributed by atoms with Crippen LogP contribution < -0.4 is 20.9 Å². The van der Waals surface area contributed by atoms with Crippen LogP contribution in [-0.2, 0) is 24.2 Å². The number of carbonyl (C=O) groups excluding carboxylic acids is 1. The standard InChI is InChI=1S/C20H22N4O3S/c1-27-13-7-5-12(6-8-13)24(10-9-16(21)25)11-17-22-19(26)18-14-3-2-4-15(14)28-20(18)23-17/h5-8H,2-4,9-11H2,1H3,(H2,21,25)(H,22,23,26). The average molecular weight is 398 g/mol. The fraction of sp³-hybridized carbons (Fsp3) is 0.350. The summed E-state index contributed by atoms with van der Waals surface area (Å²) in [5, 5.41) is 0.745. The van der Waals surface area contributed by atoms with Crippen molar-refractivity contribution < 1.29 is 9.53 Å². The molecule has 1 aromatic carbocycles. The maximum Gasteiger partial charge on any atom is 0.259 e. The van der Waals surface area contributed by atoms with Gasteiger partial charge in [0.2, 0.25) is 5.91 Å². The SMILES string of the molecule is COc1ccc(N(CCC(N)=O)Cc2nc3sc4c(c3c(=O)[nH]2)CCC4)cc1. The van der Waals surface area contributed by atoms with Crippen LogP contribution >= 0.6 is 11.3 Å². The number of hydrogen-bond donors (Lipinski definition) is 2. The largest absolute Gasteiger partial charge is 0.497 e. The van der Waals surface area contributed by atoms with Crippen molar-refractivity contribution in [3.8, 4) is 5.75 Å². The Morgan fingerprint density at radius 3 is 2.82 bits per heavy atom. The van der Waals surface area contributed by atoms with Gasteiger partial charge in [-0.3, -0.25) is 9.59 Å². The zero-order valence-electron chi connectivity index (χ0n) is 15.7. The summed E-state index contributed by atoms with van der Waals surface area (Å²) in [4.78, 5) is 35.7. The van der Waals surface area contributed by atoms with Gasteiger partial charge in [0, 0.05) is 23.5 Å². The number of amides is 1. The first kappa shape index (κ1) is 18.5. The molecule has 0 saturated carbocycles. The molecule has 8 heteroatoms. The number of rotatable bonds is 7. The Balaban J connectivity index is 1.65. The lowest BCUT2D eigenvalue weighted by Gasteiger charge is -2.24. The zero-order valence-corrected chi connectivity index (χ0v) is 16.5. The summed E-state index contributed by atoms with van der Waals surface area (Å²) in [5.74, 6) is 0.961. The monoisotopic (exact) mass is 398 g/mol. The van der Waals surface area contributed by atoms with Crippen molar-refractivity contribution in [2.75, 3.05) is 18.6 Å². The summed E-state index contributed by atoms with van der Waals surface area (Å²) in [7, 11) is 1.61. The molecule has 1 amide bonds. The molecule has 0 bridgehead atoms. The van der Waals surface area contributed by atoms with Crippen LogP contribution in [0.15, 0.2) is 29.1 Å². The van der Waals surface area contributed by atoms with Crippen LogP contribution in [0.2, 0.25) is 0 Å². The van der Waals surface area contributed by atoms with Gasteiger partial charge in [-0.2, -0.15) is 0 Å². The molecule has 0 fully saturated rings. The minimum Gasteiger partial charge on any atom is -0.497 e. The number of H-pyrrole nitrogens is 1. The van der Waals surface area contributed by atoms with Crippen molar-refractivity contribution in [1.82, 2.24) is 9.97 Å². The minimum atomic E-state index is -0.370. The summed E-state index contributed by atoms with van der Waals surface area (Å²) >= 11 is 1.62. The van der Waals surface area contributed by atoms with Crippen LogP contribution in [0, 0.1) is 0 Å². The normalized spacial score (nSPS) is 12.9. The number of ether oxygens (including phenoxy) is 1. The Bertz CT molecular complexity index is 1070. The van der Waals surface area contributed by atoms with Crippen molar-refractivity contribution in [1.29, 1.82) is 0 Å². The van der Waals surface area contributed by atoms with E-state index in [1.54, 1.807) is 18.4 Å². The number of aromatic nitrogens is 2. The fourth-order valence-corrected chi connectivity index (χ4v) is 4.92. The van der Waals surface area contributed by atoms with Crippen LogP contribution in [-0.4, -0.2) is 29.5 Å². The number of thiophene rings is 1. The molecule has 0 atom stereocenters. The number of benzene rings is 1. The number of primary amides is 1. The number of nitrogens with zero attached hydrogens (tertiary/aromatic N) is 2. The van der Waals surface area contributed by atoms with E-state index in [1.807, 2.05) is 29.2 Å². The van der Waals surface area contributed by atoms with Crippen molar-refractivity contribution in [2.45, 2.75) is 32.2 Å². The van der Waals surface area contributed by atoms with Crippen molar-refractivity contribution in [3.05, 3.63) is 50.9 Å². The number of nitrogens with one attached hydrogen (secondary N) is 1. The molecule has 1 aliphatic rings. The highest BCUT2D eigenvalue weighted by molar-refractivity contribution is 7.18. The van der Waals surface area contributed by atoms with Gasteiger partial charge in [0.15, 0.2) is 0 Å². The molecule has 28 heavy (non-hydrogen) atoms. The Labute approximate surface area is 166 Å². The molecule has 3 N–H and O–H groups in total. The van der Waals surface area contributed by atoms with E-state index in [0.29, 0.717) is 18.9 Å².